The van der Waals surface area contributed by atoms with Crippen molar-refractivity contribution in [2.75, 3.05) is 0 Å². The van der Waals surface area contributed by atoms with E-state index in [9.17, 15) is 5.11 Å². The first-order valence-corrected chi connectivity index (χ1v) is 10.8. The van der Waals surface area contributed by atoms with Crippen molar-refractivity contribution in [3.05, 3.63) is 0 Å². The van der Waals surface area contributed by atoms with Crippen LogP contribution in [0.1, 0.15) is 90.4 Å². The molecule has 0 aromatic carbocycles. The van der Waals surface area contributed by atoms with Crippen LogP contribution in [0.15, 0.2) is 0 Å². The van der Waals surface area contributed by atoms with Crippen molar-refractivity contribution in [1.29, 1.82) is 0 Å². The Balaban J connectivity index is 1.45. The van der Waals surface area contributed by atoms with Crippen LogP contribution in [0, 0.1) is 40.4 Å². The SMILES string of the molecule is C[C@]12CC[C@@H](O)C[C@@H]1CCC1C3CC[C@@H]4CCCC[C@]34CCC12. The Kier molecular flexibility index (Phi) is 3.46. The lowest BCUT2D eigenvalue weighted by Crippen LogP contribution is -2.54. The van der Waals surface area contributed by atoms with Crippen LogP contribution in [0.2, 0.25) is 0 Å². The van der Waals surface area contributed by atoms with E-state index in [1.165, 1.54) is 38.5 Å². The second kappa shape index (κ2) is 5.23. The number of hydrogen-bond donors (Lipinski definition) is 1. The number of fused-ring (bicyclic) bond motifs is 4. The van der Waals surface area contributed by atoms with E-state index >= 15 is 0 Å². The van der Waals surface area contributed by atoms with Gasteiger partial charge in [-0.25, -0.2) is 0 Å². The first kappa shape index (κ1) is 15.2. The maximum atomic E-state index is 10.2. The molecule has 130 valence electrons. The molecule has 3 unspecified atom stereocenters. The van der Waals surface area contributed by atoms with Gasteiger partial charge in [0.25, 0.3) is 0 Å². The van der Waals surface area contributed by atoms with Gasteiger partial charge in [0.2, 0.25) is 0 Å². The molecule has 5 rings (SSSR count). The quantitative estimate of drug-likeness (QED) is 0.620. The van der Waals surface area contributed by atoms with Crippen LogP contribution in [0.5, 0.6) is 0 Å². The summed E-state index contributed by atoms with van der Waals surface area (Å²) in [7, 11) is 0. The van der Waals surface area contributed by atoms with Crippen molar-refractivity contribution >= 4 is 0 Å². The van der Waals surface area contributed by atoms with Gasteiger partial charge in [-0.3, -0.25) is 0 Å². The van der Waals surface area contributed by atoms with Gasteiger partial charge in [-0.05, 0) is 111 Å². The average molecular weight is 317 g/mol. The van der Waals surface area contributed by atoms with Crippen LogP contribution in [0.3, 0.4) is 0 Å². The Morgan fingerprint density at radius 3 is 2.52 bits per heavy atom. The molecule has 0 bridgehead atoms. The Labute approximate surface area is 142 Å². The highest BCUT2D eigenvalue weighted by Crippen LogP contribution is 2.70. The van der Waals surface area contributed by atoms with Crippen LogP contribution in [0.4, 0.5) is 0 Å². The van der Waals surface area contributed by atoms with Gasteiger partial charge < -0.3 is 5.11 Å². The summed E-state index contributed by atoms with van der Waals surface area (Å²) in [6, 6.07) is 0. The van der Waals surface area contributed by atoms with E-state index in [0.29, 0.717) is 5.41 Å². The molecule has 1 N–H and O–H groups in total. The van der Waals surface area contributed by atoms with Gasteiger partial charge in [-0.1, -0.05) is 19.8 Å². The summed E-state index contributed by atoms with van der Waals surface area (Å²) in [6.07, 6.45) is 18.8. The average Bonchev–Trinajstić information content (AvgIpc) is 2.95. The van der Waals surface area contributed by atoms with Gasteiger partial charge >= 0.3 is 0 Å². The molecule has 0 aromatic heterocycles. The Morgan fingerprint density at radius 1 is 0.739 bits per heavy atom. The first-order chi connectivity index (χ1) is 11.1. The van der Waals surface area contributed by atoms with Gasteiger partial charge in [0.05, 0.1) is 6.10 Å². The fourth-order valence-corrected chi connectivity index (χ4v) is 8.95. The van der Waals surface area contributed by atoms with Gasteiger partial charge in [-0.2, -0.15) is 0 Å². The zero-order valence-corrected chi connectivity index (χ0v) is 15.1. The Morgan fingerprint density at radius 2 is 1.61 bits per heavy atom. The van der Waals surface area contributed by atoms with Crippen LogP contribution >= 0.6 is 0 Å². The van der Waals surface area contributed by atoms with Gasteiger partial charge in [0.1, 0.15) is 0 Å². The van der Waals surface area contributed by atoms with E-state index in [1.54, 1.807) is 32.1 Å². The van der Waals surface area contributed by atoms with Gasteiger partial charge in [0, 0.05) is 0 Å². The minimum atomic E-state index is 0.00811. The van der Waals surface area contributed by atoms with Gasteiger partial charge in [0.15, 0.2) is 0 Å². The third-order valence-electron chi connectivity index (χ3n) is 9.98. The molecule has 0 saturated heterocycles. The Bertz CT molecular complexity index is 473. The molecule has 0 amide bonds. The zero-order chi connectivity index (χ0) is 15.7. The lowest BCUT2D eigenvalue weighted by Gasteiger charge is -2.62. The molecule has 5 fully saturated rings. The number of hydrogen-bond acceptors (Lipinski definition) is 1. The molecule has 5 aliphatic carbocycles. The van der Waals surface area contributed by atoms with E-state index in [0.717, 1.165) is 47.8 Å². The maximum absolute atomic E-state index is 10.2. The number of rotatable bonds is 0. The van der Waals surface area contributed by atoms with Crippen LogP contribution < -0.4 is 0 Å². The lowest BCUT2D eigenvalue weighted by atomic mass is 9.43. The fraction of sp³-hybridized carbons (Fsp3) is 1.00. The summed E-state index contributed by atoms with van der Waals surface area (Å²) < 4.78 is 0. The molecule has 1 nitrogen and oxygen atoms in total. The van der Waals surface area contributed by atoms with Crippen LogP contribution in [0.25, 0.3) is 0 Å². The number of aliphatic hydroxyl groups excluding tert-OH is 1. The highest BCUT2D eigenvalue weighted by Gasteiger charge is 2.61. The predicted octanol–water partition coefficient (Wildman–Crippen LogP) is 5.56. The molecule has 0 aliphatic heterocycles. The molecular weight excluding hydrogens is 280 g/mol. The largest absolute Gasteiger partial charge is 0.393 e. The molecule has 23 heavy (non-hydrogen) atoms. The summed E-state index contributed by atoms with van der Waals surface area (Å²) >= 11 is 0. The van der Waals surface area contributed by atoms with E-state index in [4.69, 9.17) is 0 Å². The molecule has 0 heterocycles. The first-order valence-electron chi connectivity index (χ1n) is 10.8. The smallest absolute Gasteiger partial charge is 0.0543 e. The minimum absolute atomic E-state index is 0.00811. The minimum Gasteiger partial charge on any atom is -0.393 e. The summed E-state index contributed by atoms with van der Waals surface area (Å²) in [5, 5.41) is 10.2. The van der Waals surface area contributed by atoms with Gasteiger partial charge in [-0.15, -0.1) is 0 Å². The van der Waals surface area contributed by atoms with Crippen molar-refractivity contribution in [2.24, 2.45) is 40.4 Å². The van der Waals surface area contributed by atoms with Crippen molar-refractivity contribution in [3.8, 4) is 0 Å². The molecule has 0 radical (unpaired) electrons. The molecule has 0 aromatic rings. The van der Waals surface area contributed by atoms with Crippen molar-refractivity contribution < 1.29 is 5.11 Å². The standard InChI is InChI=1S/C22H36O/c1-21-12-9-17(23)14-16(21)5-7-18-19(21)10-13-22-11-3-2-4-15(22)6-8-20(18)22/h15-20,23H,2-14H2,1H3/t15-,16-,17+,18?,19?,20?,21-,22+/m0/s1. The van der Waals surface area contributed by atoms with E-state index in [1.807, 2.05) is 0 Å². The summed E-state index contributed by atoms with van der Waals surface area (Å²) in [5.41, 5.74) is 1.35. The normalized spacial score (nSPS) is 58.7. The van der Waals surface area contributed by atoms with E-state index in [-0.39, 0.29) is 6.10 Å². The van der Waals surface area contributed by atoms with Crippen molar-refractivity contribution in [2.45, 2.75) is 96.5 Å². The van der Waals surface area contributed by atoms with Crippen molar-refractivity contribution in [3.63, 3.8) is 0 Å². The van der Waals surface area contributed by atoms with E-state index in [2.05, 4.69) is 6.92 Å². The third kappa shape index (κ3) is 2.01. The Hall–Kier alpha value is -0.0400. The predicted molar refractivity (Wildman–Crippen MR) is 94.0 cm³/mol. The lowest BCUT2D eigenvalue weighted by molar-refractivity contribution is -0.136. The molecule has 1 heteroatoms. The second-order valence-corrected chi connectivity index (χ2v) is 10.4. The van der Waals surface area contributed by atoms with Crippen molar-refractivity contribution in [1.82, 2.24) is 0 Å². The monoisotopic (exact) mass is 316 g/mol. The topological polar surface area (TPSA) is 20.2 Å². The summed E-state index contributed by atoms with van der Waals surface area (Å²) in [5.74, 6) is 5.04. The van der Waals surface area contributed by atoms with E-state index < -0.39 is 0 Å². The van der Waals surface area contributed by atoms with Crippen LogP contribution in [-0.4, -0.2) is 11.2 Å². The summed E-state index contributed by atoms with van der Waals surface area (Å²) in [4.78, 5) is 0. The highest BCUT2D eigenvalue weighted by molar-refractivity contribution is 5.11. The molecule has 5 aliphatic rings. The third-order valence-corrected chi connectivity index (χ3v) is 9.98. The molecule has 1 spiro atoms. The second-order valence-electron chi connectivity index (χ2n) is 10.4. The molecule has 8 atom stereocenters. The molecular formula is C22H36O. The summed E-state index contributed by atoms with van der Waals surface area (Å²) in [6.45, 7) is 2.63. The van der Waals surface area contributed by atoms with Crippen LogP contribution in [-0.2, 0) is 0 Å². The fourth-order valence-electron chi connectivity index (χ4n) is 8.95. The maximum Gasteiger partial charge on any atom is 0.0543 e. The highest BCUT2D eigenvalue weighted by atomic mass is 16.3. The number of aliphatic hydroxyl groups is 1. The molecule has 5 saturated carbocycles. The zero-order valence-electron chi connectivity index (χ0n) is 15.1.